The summed E-state index contributed by atoms with van der Waals surface area (Å²) in [6.45, 7) is 5.29. The SMILES string of the molecule is CC(C)(C)C(=O)N[C@@H](NC(=S)Nc1ccccc1)C(Cl)(Cl)Cl. The smallest absolute Gasteiger partial charge is 0.228 e. The first-order chi connectivity index (χ1) is 10.00. The Labute approximate surface area is 150 Å². The van der Waals surface area contributed by atoms with Crippen LogP contribution in [0.15, 0.2) is 30.3 Å². The highest BCUT2D eigenvalue weighted by Crippen LogP contribution is 2.30. The van der Waals surface area contributed by atoms with E-state index in [1.165, 1.54) is 0 Å². The maximum absolute atomic E-state index is 12.1. The molecule has 0 aromatic heterocycles. The first-order valence-corrected chi connectivity index (χ1v) is 8.04. The molecular weight excluding hydrogens is 365 g/mol. The van der Waals surface area contributed by atoms with E-state index < -0.39 is 15.4 Å². The molecule has 1 aromatic carbocycles. The third-order valence-corrected chi connectivity index (χ3v) is 3.47. The van der Waals surface area contributed by atoms with Gasteiger partial charge in [0.2, 0.25) is 9.70 Å². The van der Waals surface area contributed by atoms with Crippen LogP contribution in [-0.4, -0.2) is 21.0 Å². The highest BCUT2D eigenvalue weighted by Gasteiger charge is 2.36. The van der Waals surface area contributed by atoms with Crippen LogP contribution in [0.25, 0.3) is 0 Å². The molecule has 0 fully saturated rings. The van der Waals surface area contributed by atoms with Gasteiger partial charge in [-0.3, -0.25) is 4.79 Å². The van der Waals surface area contributed by atoms with Gasteiger partial charge in [-0.15, -0.1) is 0 Å². The molecule has 0 bridgehead atoms. The number of alkyl halides is 3. The summed E-state index contributed by atoms with van der Waals surface area (Å²) in [6, 6.07) is 9.28. The van der Waals surface area contributed by atoms with Crippen molar-refractivity contribution in [2.75, 3.05) is 5.32 Å². The summed E-state index contributed by atoms with van der Waals surface area (Å²) in [5, 5.41) is 8.62. The van der Waals surface area contributed by atoms with E-state index in [1.54, 1.807) is 20.8 Å². The Morgan fingerprint density at radius 1 is 1.09 bits per heavy atom. The van der Waals surface area contributed by atoms with Crippen molar-refractivity contribution in [3.05, 3.63) is 30.3 Å². The van der Waals surface area contributed by atoms with Crippen molar-refractivity contribution >= 4 is 63.7 Å². The predicted molar refractivity (Wildman–Crippen MR) is 97.5 cm³/mol. The minimum atomic E-state index is -1.76. The molecule has 0 aliphatic rings. The number of carbonyl (C=O) groups excluding carboxylic acids is 1. The number of nitrogens with one attached hydrogen (secondary N) is 3. The Balaban J connectivity index is 2.74. The number of para-hydroxylation sites is 1. The van der Waals surface area contributed by atoms with Crippen LogP contribution >= 0.6 is 47.0 Å². The van der Waals surface area contributed by atoms with Crippen molar-refractivity contribution < 1.29 is 4.79 Å². The second-order valence-corrected chi connectivity index (χ2v) is 8.44. The van der Waals surface area contributed by atoms with Crippen molar-refractivity contribution in [3.8, 4) is 0 Å². The first-order valence-electron chi connectivity index (χ1n) is 6.50. The van der Waals surface area contributed by atoms with Crippen LogP contribution in [0.2, 0.25) is 0 Å². The topological polar surface area (TPSA) is 53.2 Å². The Kier molecular flexibility index (Phi) is 6.74. The lowest BCUT2D eigenvalue weighted by molar-refractivity contribution is -0.129. The molecule has 8 heteroatoms. The van der Waals surface area contributed by atoms with E-state index in [0.717, 1.165) is 5.69 Å². The quantitative estimate of drug-likeness (QED) is 0.422. The zero-order valence-corrected chi connectivity index (χ0v) is 15.5. The van der Waals surface area contributed by atoms with Crippen LogP contribution in [0, 0.1) is 5.41 Å². The van der Waals surface area contributed by atoms with Crippen LogP contribution in [0.5, 0.6) is 0 Å². The average Bonchev–Trinajstić information content (AvgIpc) is 2.36. The van der Waals surface area contributed by atoms with Gasteiger partial charge < -0.3 is 16.0 Å². The molecule has 1 atom stereocenters. The number of amides is 1. The van der Waals surface area contributed by atoms with Crippen LogP contribution < -0.4 is 16.0 Å². The number of thiocarbonyl (C=S) groups is 1. The normalized spacial score (nSPS) is 13.2. The summed E-state index contributed by atoms with van der Waals surface area (Å²) in [7, 11) is 0. The van der Waals surface area contributed by atoms with Crippen LogP contribution in [0.1, 0.15) is 20.8 Å². The third-order valence-electron chi connectivity index (χ3n) is 2.59. The van der Waals surface area contributed by atoms with E-state index in [1.807, 2.05) is 30.3 Å². The Morgan fingerprint density at radius 2 is 1.64 bits per heavy atom. The molecule has 0 saturated carbocycles. The maximum Gasteiger partial charge on any atom is 0.228 e. The monoisotopic (exact) mass is 381 g/mol. The number of carbonyl (C=O) groups is 1. The first kappa shape index (κ1) is 19.3. The Bertz CT molecular complexity index is 526. The molecule has 4 nitrogen and oxygen atoms in total. The average molecular weight is 383 g/mol. The summed E-state index contributed by atoms with van der Waals surface area (Å²) in [5.74, 6) is -0.265. The molecule has 22 heavy (non-hydrogen) atoms. The van der Waals surface area contributed by atoms with Gasteiger partial charge in [-0.25, -0.2) is 0 Å². The number of hydrogen-bond acceptors (Lipinski definition) is 2. The van der Waals surface area contributed by atoms with Crippen molar-refractivity contribution in [1.29, 1.82) is 0 Å². The number of rotatable bonds is 3. The third kappa shape index (κ3) is 6.57. The van der Waals surface area contributed by atoms with Crippen LogP contribution in [-0.2, 0) is 4.79 Å². The molecule has 0 aliphatic heterocycles. The lowest BCUT2D eigenvalue weighted by atomic mass is 9.95. The lowest BCUT2D eigenvalue weighted by Crippen LogP contribution is -2.58. The second kappa shape index (κ2) is 7.68. The van der Waals surface area contributed by atoms with E-state index >= 15 is 0 Å². The van der Waals surface area contributed by atoms with E-state index in [4.69, 9.17) is 47.0 Å². The summed E-state index contributed by atoms with van der Waals surface area (Å²) < 4.78 is -1.76. The lowest BCUT2D eigenvalue weighted by Gasteiger charge is -2.30. The number of halogens is 3. The van der Waals surface area contributed by atoms with Gasteiger partial charge in [-0.2, -0.15) is 0 Å². The van der Waals surface area contributed by atoms with Gasteiger partial charge in [0.1, 0.15) is 6.17 Å². The highest BCUT2D eigenvalue weighted by molar-refractivity contribution is 7.80. The molecule has 0 radical (unpaired) electrons. The van der Waals surface area contributed by atoms with Crippen molar-refractivity contribution in [2.24, 2.45) is 5.41 Å². The molecule has 1 aromatic rings. The zero-order chi connectivity index (χ0) is 17.0. The van der Waals surface area contributed by atoms with Crippen LogP contribution in [0.4, 0.5) is 5.69 Å². The number of anilines is 1. The molecule has 1 rings (SSSR count). The highest BCUT2D eigenvalue weighted by atomic mass is 35.6. The van der Waals surface area contributed by atoms with Crippen molar-refractivity contribution in [1.82, 2.24) is 10.6 Å². The van der Waals surface area contributed by atoms with Gasteiger partial charge in [0.05, 0.1) is 0 Å². The van der Waals surface area contributed by atoms with Gasteiger partial charge in [-0.05, 0) is 24.4 Å². The van der Waals surface area contributed by atoms with E-state index in [2.05, 4.69) is 16.0 Å². The molecule has 0 heterocycles. The van der Waals surface area contributed by atoms with Crippen molar-refractivity contribution in [2.45, 2.75) is 30.7 Å². The predicted octanol–water partition coefficient (Wildman–Crippen LogP) is 3.83. The minimum absolute atomic E-state index is 0.233. The Hall–Kier alpha value is -0.750. The van der Waals surface area contributed by atoms with E-state index in [0.29, 0.717) is 0 Å². The van der Waals surface area contributed by atoms with Gasteiger partial charge in [0.15, 0.2) is 5.11 Å². The number of hydrogen-bond donors (Lipinski definition) is 3. The molecule has 0 saturated heterocycles. The molecule has 0 aliphatic carbocycles. The maximum atomic E-state index is 12.1. The largest absolute Gasteiger partial charge is 0.339 e. The van der Waals surface area contributed by atoms with Crippen molar-refractivity contribution in [3.63, 3.8) is 0 Å². The second-order valence-electron chi connectivity index (χ2n) is 5.66. The summed E-state index contributed by atoms with van der Waals surface area (Å²) >= 11 is 22.9. The molecule has 0 unspecified atom stereocenters. The summed E-state index contributed by atoms with van der Waals surface area (Å²) in [6.07, 6.45) is -0.965. The molecule has 3 N–H and O–H groups in total. The standard InChI is InChI=1S/C14H18Cl3N3OS/c1-13(2,3)11(21)19-10(14(15,16)17)20-12(22)18-9-7-5-4-6-8-9/h4-8,10H,1-3H3,(H,19,21)(H2,18,20,22)/t10-/m0/s1. The molecule has 1 amide bonds. The summed E-state index contributed by atoms with van der Waals surface area (Å²) in [4.78, 5) is 12.1. The zero-order valence-electron chi connectivity index (χ0n) is 12.4. The van der Waals surface area contributed by atoms with Gasteiger partial charge in [-0.1, -0.05) is 73.8 Å². The number of benzene rings is 1. The molecule has 0 spiro atoms. The Morgan fingerprint density at radius 3 is 2.09 bits per heavy atom. The minimum Gasteiger partial charge on any atom is -0.339 e. The fourth-order valence-corrected chi connectivity index (χ4v) is 1.93. The van der Waals surface area contributed by atoms with E-state index in [9.17, 15) is 4.79 Å². The van der Waals surface area contributed by atoms with Gasteiger partial charge in [0, 0.05) is 11.1 Å². The van der Waals surface area contributed by atoms with Gasteiger partial charge >= 0.3 is 0 Å². The fraction of sp³-hybridized carbons (Fsp3) is 0.429. The van der Waals surface area contributed by atoms with Gasteiger partial charge in [0.25, 0.3) is 0 Å². The molecular formula is C14H18Cl3N3OS. The van der Waals surface area contributed by atoms with Crippen LogP contribution in [0.3, 0.4) is 0 Å². The fourth-order valence-electron chi connectivity index (χ4n) is 1.37. The van der Waals surface area contributed by atoms with E-state index in [-0.39, 0.29) is 11.0 Å². The molecule has 122 valence electrons. The summed E-state index contributed by atoms with van der Waals surface area (Å²) in [5.41, 5.74) is 0.162.